The molecule has 0 saturated carbocycles. The van der Waals surface area contributed by atoms with E-state index >= 15 is 0 Å². The number of carbonyl (C=O) groups excluding carboxylic acids is 1. The summed E-state index contributed by atoms with van der Waals surface area (Å²) >= 11 is 7.73. The molecule has 3 nitrogen and oxygen atoms in total. The number of benzene rings is 1. The van der Waals surface area contributed by atoms with E-state index in [2.05, 4.69) is 0 Å². The number of hydrogen-bond acceptors (Lipinski definition) is 3. The van der Waals surface area contributed by atoms with Crippen LogP contribution in [0.3, 0.4) is 0 Å². The van der Waals surface area contributed by atoms with E-state index in [1.165, 1.54) is 7.11 Å². The van der Waals surface area contributed by atoms with E-state index in [1.807, 2.05) is 29.2 Å². The van der Waals surface area contributed by atoms with Crippen LogP contribution in [-0.4, -0.2) is 36.8 Å². The average Bonchev–Trinajstić information content (AvgIpc) is 2.78. The molecule has 17 heavy (non-hydrogen) atoms. The van der Waals surface area contributed by atoms with Crippen LogP contribution >= 0.6 is 23.4 Å². The Labute approximate surface area is 110 Å². The standard InChI is InChI=1S/C12H14ClNO2S/c1-16-8-11(15)14-5-6-17-12(14)9-3-2-4-10(13)7-9/h2-4,7,12H,5-6,8H2,1H3/t12-/m1/s1. The van der Waals surface area contributed by atoms with Crippen LogP contribution in [0.5, 0.6) is 0 Å². The summed E-state index contributed by atoms with van der Waals surface area (Å²) in [6.07, 6.45) is 0. The second-order valence-electron chi connectivity index (χ2n) is 3.80. The van der Waals surface area contributed by atoms with E-state index in [-0.39, 0.29) is 17.9 Å². The molecule has 0 N–H and O–H groups in total. The lowest BCUT2D eigenvalue weighted by Gasteiger charge is -2.23. The van der Waals surface area contributed by atoms with Crippen LogP contribution in [0.25, 0.3) is 0 Å². The van der Waals surface area contributed by atoms with E-state index < -0.39 is 0 Å². The normalized spacial score (nSPS) is 19.6. The zero-order valence-electron chi connectivity index (χ0n) is 9.56. The Morgan fingerprint density at radius 3 is 3.18 bits per heavy atom. The van der Waals surface area contributed by atoms with Crippen LogP contribution in [0, 0.1) is 0 Å². The SMILES string of the molecule is COCC(=O)N1CCS[C@@H]1c1cccc(Cl)c1. The van der Waals surface area contributed by atoms with Crippen molar-refractivity contribution in [1.29, 1.82) is 0 Å². The zero-order valence-corrected chi connectivity index (χ0v) is 11.1. The first-order valence-electron chi connectivity index (χ1n) is 5.38. The van der Waals surface area contributed by atoms with Crippen molar-refractivity contribution in [3.8, 4) is 0 Å². The maximum atomic E-state index is 11.9. The van der Waals surface area contributed by atoms with Gasteiger partial charge in [0.05, 0.1) is 0 Å². The first-order valence-corrected chi connectivity index (χ1v) is 6.80. The average molecular weight is 272 g/mol. The minimum atomic E-state index is 0.0301. The van der Waals surface area contributed by atoms with E-state index in [0.29, 0.717) is 5.02 Å². The van der Waals surface area contributed by atoms with Gasteiger partial charge in [0.25, 0.3) is 0 Å². The lowest BCUT2D eigenvalue weighted by molar-refractivity contribution is -0.135. The Balaban J connectivity index is 2.17. The zero-order chi connectivity index (χ0) is 12.3. The lowest BCUT2D eigenvalue weighted by Crippen LogP contribution is -2.33. The number of thioether (sulfide) groups is 1. The maximum absolute atomic E-state index is 11.9. The van der Waals surface area contributed by atoms with Gasteiger partial charge in [0.15, 0.2) is 0 Å². The highest BCUT2D eigenvalue weighted by molar-refractivity contribution is 7.99. The summed E-state index contributed by atoms with van der Waals surface area (Å²) in [4.78, 5) is 13.7. The summed E-state index contributed by atoms with van der Waals surface area (Å²) in [6.45, 7) is 0.904. The van der Waals surface area contributed by atoms with Crippen molar-refractivity contribution in [2.75, 3.05) is 26.0 Å². The quantitative estimate of drug-likeness (QED) is 0.846. The first-order chi connectivity index (χ1) is 8.22. The molecule has 1 atom stereocenters. The fourth-order valence-electron chi connectivity index (χ4n) is 1.87. The van der Waals surface area contributed by atoms with Gasteiger partial charge in [-0.25, -0.2) is 0 Å². The van der Waals surface area contributed by atoms with Crippen LogP contribution in [-0.2, 0) is 9.53 Å². The fraction of sp³-hybridized carbons (Fsp3) is 0.417. The van der Waals surface area contributed by atoms with Gasteiger partial charge in [-0.3, -0.25) is 4.79 Å². The topological polar surface area (TPSA) is 29.5 Å². The number of amides is 1. The summed E-state index contributed by atoms with van der Waals surface area (Å²) in [5.74, 6) is 0.981. The molecular weight excluding hydrogens is 258 g/mol. The molecule has 1 saturated heterocycles. The fourth-order valence-corrected chi connectivity index (χ4v) is 3.33. The van der Waals surface area contributed by atoms with Crippen LogP contribution < -0.4 is 0 Å². The van der Waals surface area contributed by atoms with Gasteiger partial charge in [-0.2, -0.15) is 0 Å². The molecular formula is C12H14ClNO2S. The van der Waals surface area contributed by atoms with Crippen LogP contribution in [0.1, 0.15) is 10.9 Å². The Morgan fingerprint density at radius 1 is 1.65 bits per heavy atom. The Kier molecular flexibility index (Phi) is 4.31. The van der Waals surface area contributed by atoms with Crippen LogP contribution in [0.4, 0.5) is 0 Å². The van der Waals surface area contributed by atoms with E-state index in [1.54, 1.807) is 11.8 Å². The van der Waals surface area contributed by atoms with Gasteiger partial charge < -0.3 is 9.64 Å². The molecule has 0 bridgehead atoms. The van der Waals surface area contributed by atoms with Gasteiger partial charge in [-0.15, -0.1) is 11.8 Å². The van der Waals surface area contributed by atoms with Crippen LogP contribution in [0.2, 0.25) is 5.02 Å². The molecule has 2 rings (SSSR count). The molecule has 1 aromatic rings. The highest BCUT2D eigenvalue weighted by Gasteiger charge is 2.30. The molecule has 1 aromatic carbocycles. The summed E-state index contributed by atoms with van der Waals surface area (Å²) in [5, 5.41) is 0.769. The van der Waals surface area contributed by atoms with Crippen molar-refractivity contribution in [2.45, 2.75) is 5.37 Å². The Bertz CT molecular complexity index is 413. The van der Waals surface area contributed by atoms with Crippen molar-refractivity contribution in [3.63, 3.8) is 0 Å². The predicted octanol–water partition coefficient (Wildman–Crippen LogP) is 2.56. The smallest absolute Gasteiger partial charge is 0.249 e. The molecule has 0 aromatic heterocycles. The van der Waals surface area contributed by atoms with Crippen molar-refractivity contribution in [3.05, 3.63) is 34.9 Å². The van der Waals surface area contributed by atoms with Gasteiger partial charge in [0, 0.05) is 24.4 Å². The third-order valence-electron chi connectivity index (χ3n) is 2.61. The molecule has 0 radical (unpaired) electrons. The summed E-state index contributed by atoms with van der Waals surface area (Å²) in [6, 6.07) is 7.67. The third-order valence-corrected chi connectivity index (χ3v) is 4.11. The largest absolute Gasteiger partial charge is 0.375 e. The molecule has 0 spiro atoms. The summed E-state index contributed by atoms with van der Waals surface area (Å²) in [5.41, 5.74) is 1.07. The minimum absolute atomic E-state index is 0.0301. The number of methoxy groups -OCH3 is 1. The second-order valence-corrected chi connectivity index (χ2v) is 5.42. The van der Waals surface area contributed by atoms with Gasteiger partial charge in [0.2, 0.25) is 5.91 Å². The molecule has 0 unspecified atom stereocenters. The monoisotopic (exact) mass is 271 g/mol. The molecule has 1 aliphatic rings. The molecule has 1 fully saturated rings. The summed E-state index contributed by atoms with van der Waals surface area (Å²) < 4.78 is 4.90. The first kappa shape index (κ1) is 12.7. The van der Waals surface area contributed by atoms with E-state index in [4.69, 9.17) is 16.3 Å². The van der Waals surface area contributed by atoms with Gasteiger partial charge in [-0.1, -0.05) is 23.7 Å². The number of carbonyl (C=O) groups is 1. The van der Waals surface area contributed by atoms with Gasteiger partial charge >= 0.3 is 0 Å². The van der Waals surface area contributed by atoms with Crippen molar-refractivity contribution in [2.24, 2.45) is 0 Å². The van der Waals surface area contributed by atoms with Gasteiger partial charge in [-0.05, 0) is 17.7 Å². The van der Waals surface area contributed by atoms with E-state index in [9.17, 15) is 4.79 Å². The van der Waals surface area contributed by atoms with Crippen molar-refractivity contribution in [1.82, 2.24) is 4.90 Å². The van der Waals surface area contributed by atoms with Crippen molar-refractivity contribution >= 4 is 29.3 Å². The minimum Gasteiger partial charge on any atom is -0.375 e. The second kappa shape index (κ2) is 5.76. The van der Waals surface area contributed by atoms with Crippen molar-refractivity contribution < 1.29 is 9.53 Å². The lowest BCUT2D eigenvalue weighted by atomic mass is 10.2. The Morgan fingerprint density at radius 2 is 2.47 bits per heavy atom. The van der Waals surface area contributed by atoms with Gasteiger partial charge in [0.1, 0.15) is 12.0 Å². The molecule has 1 aliphatic heterocycles. The number of ether oxygens (including phenoxy) is 1. The molecule has 5 heteroatoms. The Hall–Kier alpha value is -0.710. The van der Waals surface area contributed by atoms with E-state index in [0.717, 1.165) is 17.9 Å². The highest BCUT2D eigenvalue weighted by atomic mass is 35.5. The number of nitrogens with zero attached hydrogens (tertiary/aromatic N) is 1. The number of halogens is 1. The number of hydrogen-bond donors (Lipinski definition) is 0. The molecule has 92 valence electrons. The third kappa shape index (κ3) is 2.94. The predicted molar refractivity (Wildman–Crippen MR) is 70.2 cm³/mol. The number of rotatable bonds is 3. The molecule has 1 heterocycles. The summed E-state index contributed by atoms with van der Waals surface area (Å²) in [7, 11) is 1.54. The van der Waals surface area contributed by atoms with Crippen LogP contribution in [0.15, 0.2) is 24.3 Å². The molecule has 0 aliphatic carbocycles. The maximum Gasteiger partial charge on any atom is 0.249 e. The molecule has 1 amide bonds. The highest BCUT2D eigenvalue weighted by Crippen LogP contribution is 2.38.